The Morgan fingerprint density at radius 3 is 1.33 bits per heavy atom. The summed E-state index contributed by atoms with van der Waals surface area (Å²) in [6.07, 6.45) is 2.07. The van der Waals surface area contributed by atoms with Crippen LogP contribution in [0.2, 0.25) is 0 Å². The van der Waals surface area contributed by atoms with Gasteiger partial charge >= 0.3 is 0 Å². The molecule has 0 aromatic heterocycles. The lowest BCUT2D eigenvalue weighted by atomic mass is 9.91. The van der Waals surface area contributed by atoms with Crippen molar-refractivity contribution in [3.05, 3.63) is 12.2 Å². The van der Waals surface area contributed by atoms with Gasteiger partial charge in [0.25, 0.3) is 0 Å². The second-order valence-corrected chi connectivity index (χ2v) is 26.9. The van der Waals surface area contributed by atoms with Crippen molar-refractivity contribution in [1.82, 2.24) is 55.6 Å². The van der Waals surface area contributed by atoms with E-state index in [0.29, 0.717) is 0 Å². The molecule has 0 radical (unpaired) electrons. The van der Waals surface area contributed by atoms with Crippen LogP contribution in [-0.4, -0.2) is 249 Å². The minimum absolute atomic E-state index is 0.0987. The van der Waals surface area contributed by atoms with Crippen LogP contribution < -0.4 is 21.3 Å². The maximum atomic E-state index is 15.2. The van der Waals surface area contributed by atoms with Crippen LogP contribution in [0.15, 0.2) is 12.2 Å². The first-order valence-corrected chi connectivity index (χ1v) is 31.2. The Morgan fingerprint density at radius 2 is 0.886 bits per heavy atom. The molecule has 13 atom stereocenters. The van der Waals surface area contributed by atoms with Crippen LogP contribution in [0.1, 0.15) is 156 Å². The number of carbonyl (C=O) groups excluding carboxylic acids is 11. The second kappa shape index (κ2) is 35.3. The van der Waals surface area contributed by atoms with Gasteiger partial charge in [-0.25, -0.2) is 0 Å². The first-order chi connectivity index (χ1) is 40.5. The van der Waals surface area contributed by atoms with Gasteiger partial charge in [0.2, 0.25) is 65.0 Å². The van der Waals surface area contributed by atoms with Gasteiger partial charge in [-0.05, 0) is 102 Å². The molecule has 0 unspecified atom stereocenters. The number of aliphatic hydroxyl groups excluding tert-OH is 2. The highest BCUT2D eigenvalue weighted by atomic mass is 16.3. The van der Waals surface area contributed by atoms with E-state index in [9.17, 15) is 58.5 Å². The molecule has 1 aliphatic rings. The molecule has 0 aromatic rings. The molecule has 1 saturated heterocycles. The number of aliphatic hydroxyl groups is 3. The minimum Gasteiger partial charge on any atom is -0.394 e. The molecule has 1 aliphatic heterocycles. The number of nitrogens with one attached hydrogen (secondary N) is 4. The van der Waals surface area contributed by atoms with Gasteiger partial charge in [0, 0.05) is 55.8 Å². The Kier molecular flexibility index (Phi) is 32.0. The van der Waals surface area contributed by atoms with E-state index in [2.05, 4.69) is 21.3 Å². The molecular weight excluding hydrogens is 1130 g/mol. The third-order valence-electron chi connectivity index (χ3n) is 16.6. The fraction of sp³-hybridized carbons (Fsp3) is 0.794. The predicted molar refractivity (Wildman–Crippen MR) is 336 cm³/mol. The summed E-state index contributed by atoms with van der Waals surface area (Å²) >= 11 is 0. The average molecular weight is 1250 g/mol. The monoisotopic (exact) mass is 1250 g/mol. The molecular formula is C63H113N11O14. The van der Waals surface area contributed by atoms with Crippen molar-refractivity contribution in [3.63, 3.8) is 0 Å². The number of nitrogens with zero attached hydrogens (tertiary/aromatic N) is 7. The largest absolute Gasteiger partial charge is 0.394 e. The van der Waals surface area contributed by atoms with Crippen molar-refractivity contribution in [3.8, 4) is 0 Å². The van der Waals surface area contributed by atoms with Crippen molar-refractivity contribution in [1.29, 1.82) is 0 Å². The van der Waals surface area contributed by atoms with Crippen LogP contribution in [0.25, 0.3) is 0 Å². The summed E-state index contributed by atoms with van der Waals surface area (Å²) < 4.78 is 0. The van der Waals surface area contributed by atoms with Crippen molar-refractivity contribution in [2.24, 2.45) is 35.5 Å². The van der Waals surface area contributed by atoms with Crippen LogP contribution in [-0.2, 0) is 52.7 Å². The van der Waals surface area contributed by atoms with E-state index in [1.54, 1.807) is 60.6 Å². The molecule has 0 bridgehead atoms. The zero-order valence-electron chi connectivity index (χ0n) is 57.5. The first kappa shape index (κ1) is 79.8. The number of carbonyl (C=O) groups is 11. The normalized spacial score (nSPS) is 27.4. The predicted octanol–water partition coefficient (Wildman–Crippen LogP) is 1.74. The number of amides is 11. The summed E-state index contributed by atoms with van der Waals surface area (Å²) in [5.74, 6) is -11.1. The summed E-state index contributed by atoms with van der Waals surface area (Å²) in [6.45, 7) is 27.4. The van der Waals surface area contributed by atoms with Gasteiger partial charge in [-0.15, -0.1) is 0 Å². The van der Waals surface area contributed by atoms with Crippen molar-refractivity contribution >= 4 is 65.0 Å². The highest BCUT2D eigenvalue weighted by Gasteiger charge is 2.46. The topological polar surface area (TPSA) is 319 Å². The fourth-order valence-electron chi connectivity index (χ4n) is 11.0. The number of allylic oxidation sites excluding steroid dienone is 2. The van der Waals surface area contributed by atoms with Crippen molar-refractivity contribution < 1.29 is 68.1 Å². The standard InChI is InChI=1S/C63H113N11O14/c1-25-27-28-39(13)51(76)50-55(80)66-42(26-2)57(82)72(22)47(33-75)60(85)71(21)46(32-63(16,17)88)54(79)67-48(37(9)10)61(86)68(18)43(29-34(3)4)53(78)64-40(14)52(77)65-41(15)56(81)69(19)44(30-35(5)6)58(83)70(20)45(31-36(7)8)59(84)73(23)49(38(11)12)62(87)74(50)24/h25,27,34-51,75-76,88H,26,28-33H2,1-24H3,(H,64,78)(H,65,77)(H,66,80)(H,67,79)/t39-,40+,41-,42+,43+,44+,45+,46+,47-,48+,49+,50+,51-/m1/s1. The van der Waals surface area contributed by atoms with Gasteiger partial charge in [-0.1, -0.05) is 95.2 Å². The van der Waals surface area contributed by atoms with Crippen LogP contribution >= 0.6 is 0 Å². The van der Waals surface area contributed by atoms with Gasteiger partial charge in [-0.3, -0.25) is 52.7 Å². The van der Waals surface area contributed by atoms with E-state index < -0.39 is 174 Å². The zero-order chi connectivity index (χ0) is 68.5. The maximum Gasteiger partial charge on any atom is 0.248 e. The minimum atomic E-state index is -1.70. The molecule has 1 fully saturated rings. The maximum absolute atomic E-state index is 15.2. The van der Waals surface area contributed by atoms with Crippen LogP contribution in [0.5, 0.6) is 0 Å². The molecule has 504 valence electrons. The van der Waals surface area contributed by atoms with Gasteiger partial charge in [-0.2, -0.15) is 0 Å². The Hall–Kier alpha value is -6.21. The molecule has 1 heterocycles. The summed E-state index contributed by atoms with van der Waals surface area (Å²) in [7, 11) is 9.40. The first-order valence-electron chi connectivity index (χ1n) is 31.2. The highest BCUT2D eigenvalue weighted by molar-refractivity contribution is 6.00. The highest BCUT2D eigenvalue weighted by Crippen LogP contribution is 2.26. The third-order valence-corrected chi connectivity index (χ3v) is 16.6. The summed E-state index contributed by atoms with van der Waals surface area (Å²) in [5.41, 5.74) is -1.62. The van der Waals surface area contributed by atoms with Crippen LogP contribution in [0, 0.1) is 35.5 Å². The van der Waals surface area contributed by atoms with E-state index in [4.69, 9.17) is 0 Å². The summed E-state index contributed by atoms with van der Waals surface area (Å²) in [4.78, 5) is 169. The Labute approximate surface area is 524 Å². The number of hydrogen-bond donors (Lipinski definition) is 7. The van der Waals surface area contributed by atoms with Crippen molar-refractivity contribution in [2.45, 2.75) is 234 Å². The Bertz CT molecular complexity index is 2430. The lowest BCUT2D eigenvalue weighted by molar-refractivity contribution is -0.157. The molecule has 1 rings (SSSR count). The van der Waals surface area contributed by atoms with E-state index >= 15 is 9.59 Å². The molecule has 7 N–H and O–H groups in total. The van der Waals surface area contributed by atoms with Gasteiger partial charge in [0.05, 0.1) is 18.3 Å². The third kappa shape index (κ3) is 21.8. The second-order valence-electron chi connectivity index (χ2n) is 26.9. The molecule has 11 amide bonds. The molecule has 88 heavy (non-hydrogen) atoms. The molecule has 0 saturated carbocycles. The fourth-order valence-corrected chi connectivity index (χ4v) is 11.0. The Balaban J connectivity index is 4.45. The quantitative estimate of drug-likeness (QED) is 0.108. The van der Waals surface area contributed by atoms with Gasteiger partial charge in [0.1, 0.15) is 66.5 Å². The van der Waals surface area contributed by atoms with Crippen LogP contribution in [0.3, 0.4) is 0 Å². The number of hydrogen-bond acceptors (Lipinski definition) is 14. The molecule has 0 aliphatic carbocycles. The average Bonchev–Trinajstić information content (AvgIpc) is 2.21. The zero-order valence-corrected chi connectivity index (χ0v) is 57.5. The number of rotatable bonds is 16. The smallest absolute Gasteiger partial charge is 0.248 e. The Morgan fingerprint density at radius 1 is 0.477 bits per heavy atom. The molecule has 25 heteroatoms. The molecule has 0 spiro atoms. The lowest BCUT2D eigenvalue weighted by Gasteiger charge is -2.41. The van der Waals surface area contributed by atoms with E-state index in [-0.39, 0.29) is 49.9 Å². The SMILES string of the molecule is CC=CC[C@@H](C)[C@@H](O)[C@H]1C(=O)N[C@@H](CC)C(=O)N(C)[C@H](CO)C(=O)N(C)[C@@H](CC(C)(C)O)C(=O)N[C@@H](C(C)C)C(=O)N(C)[C@@H](CC(C)C)C(=O)N[C@@H](C)C(=O)N[C@H](C)C(=O)N(C)[C@@H](CC(C)C)C(=O)N(C)[C@@H](CC(C)C)C(=O)N(C)[C@@H](C(C)C)C(=O)N1C. The lowest BCUT2D eigenvalue weighted by Crippen LogP contribution is -2.64. The van der Waals surface area contributed by atoms with Gasteiger partial charge in [0.15, 0.2) is 0 Å². The van der Waals surface area contributed by atoms with Crippen molar-refractivity contribution in [2.75, 3.05) is 55.9 Å². The summed E-state index contributed by atoms with van der Waals surface area (Å²) in [6, 6.07) is -15.1. The van der Waals surface area contributed by atoms with E-state index in [1.807, 2.05) is 41.5 Å². The molecule has 25 nitrogen and oxygen atoms in total. The van der Waals surface area contributed by atoms with Gasteiger partial charge < -0.3 is 70.9 Å². The number of likely N-dealkylation sites (N-methyl/N-ethyl adjacent to an activating group) is 7. The molecule has 0 aromatic carbocycles. The van der Waals surface area contributed by atoms with E-state index in [1.165, 1.54) is 91.7 Å². The van der Waals surface area contributed by atoms with E-state index in [0.717, 1.165) is 19.6 Å². The van der Waals surface area contributed by atoms with Crippen LogP contribution in [0.4, 0.5) is 0 Å². The summed E-state index contributed by atoms with van der Waals surface area (Å²) in [5, 5.41) is 44.9.